The molecule has 4 heteroatoms. The van der Waals surface area contributed by atoms with Gasteiger partial charge in [-0.25, -0.2) is 0 Å². The van der Waals surface area contributed by atoms with Crippen LogP contribution in [0.15, 0.2) is 18.2 Å². The average Bonchev–Trinajstić information content (AvgIpc) is 2.39. The van der Waals surface area contributed by atoms with Gasteiger partial charge >= 0.3 is 0 Å². The third-order valence-electron chi connectivity index (χ3n) is 3.51. The number of ether oxygens (including phenoxy) is 1. The molecule has 0 saturated carbocycles. The van der Waals surface area contributed by atoms with Crippen molar-refractivity contribution in [3.63, 3.8) is 0 Å². The van der Waals surface area contributed by atoms with Crippen molar-refractivity contribution in [1.82, 2.24) is 5.32 Å². The van der Waals surface area contributed by atoms with Crippen molar-refractivity contribution in [3.05, 3.63) is 34.9 Å². The highest BCUT2D eigenvalue weighted by molar-refractivity contribution is 5.96. The van der Waals surface area contributed by atoms with E-state index in [0.29, 0.717) is 19.8 Å². The molecule has 19 heavy (non-hydrogen) atoms. The van der Waals surface area contributed by atoms with Gasteiger partial charge in [-0.05, 0) is 23.6 Å². The molecular weight excluding hydrogens is 242 g/mol. The minimum atomic E-state index is -0.127. The van der Waals surface area contributed by atoms with E-state index in [-0.39, 0.29) is 17.9 Å². The fourth-order valence-electron chi connectivity index (χ4n) is 2.32. The van der Waals surface area contributed by atoms with Gasteiger partial charge in [-0.3, -0.25) is 4.79 Å². The number of carbonyl (C=O) groups excluding carboxylic acids is 1. The van der Waals surface area contributed by atoms with E-state index in [1.807, 2.05) is 12.1 Å². The van der Waals surface area contributed by atoms with E-state index >= 15 is 0 Å². The van der Waals surface area contributed by atoms with E-state index in [9.17, 15) is 4.79 Å². The van der Waals surface area contributed by atoms with Gasteiger partial charge in [0.2, 0.25) is 0 Å². The Balaban J connectivity index is 2.18. The molecule has 1 heterocycles. The van der Waals surface area contributed by atoms with Gasteiger partial charge < -0.3 is 15.2 Å². The van der Waals surface area contributed by atoms with Crippen LogP contribution in [-0.2, 0) is 16.6 Å². The summed E-state index contributed by atoms with van der Waals surface area (Å²) in [7, 11) is 0. The molecule has 0 saturated heterocycles. The maximum atomic E-state index is 11.7. The number of hydrogen-bond acceptors (Lipinski definition) is 3. The van der Waals surface area contributed by atoms with Gasteiger partial charge in [-0.1, -0.05) is 26.0 Å². The molecule has 2 N–H and O–H groups in total. The first-order valence-electron chi connectivity index (χ1n) is 6.65. The lowest BCUT2D eigenvalue weighted by atomic mass is 9.83. The first kappa shape index (κ1) is 14.0. The molecule has 0 radical (unpaired) electrons. The highest BCUT2D eigenvalue weighted by Crippen LogP contribution is 2.27. The largest absolute Gasteiger partial charge is 0.394 e. The summed E-state index contributed by atoms with van der Waals surface area (Å²) in [5.74, 6) is 0.0159. The fourth-order valence-corrected chi connectivity index (χ4v) is 2.32. The number of aliphatic hydroxyl groups excluding tert-OH is 1. The average molecular weight is 263 g/mol. The molecule has 2 rings (SSSR count). The molecule has 1 amide bonds. The van der Waals surface area contributed by atoms with Crippen molar-refractivity contribution in [3.8, 4) is 0 Å². The monoisotopic (exact) mass is 263 g/mol. The molecule has 1 aliphatic heterocycles. The van der Waals surface area contributed by atoms with E-state index < -0.39 is 0 Å². The third kappa shape index (κ3) is 3.14. The zero-order chi connectivity index (χ0) is 13.9. The standard InChI is InChI=1S/C15H21NO3/c1-15(2,10-19-8-7-17)12-3-4-13-11(9-12)5-6-16-14(13)18/h3-4,9,17H,5-8,10H2,1-2H3,(H,16,18). The Bertz CT molecular complexity index is 468. The van der Waals surface area contributed by atoms with Gasteiger partial charge in [0.05, 0.1) is 19.8 Å². The van der Waals surface area contributed by atoms with Gasteiger partial charge in [0, 0.05) is 17.5 Å². The minimum Gasteiger partial charge on any atom is -0.394 e. The predicted octanol–water partition coefficient (Wildman–Crippen LogP) is 1.26. The quantitative estimate of drug-likeness (QED) is 0.786. The summed E-state index contributed by atoms with van der Waals surface area (Å²) >= 11 is 0. The Hall–Kier alpha value is -1.39. The van der Waals surface area contributed by atoms with Crippen LogP contribution < -0.4 is 5.32 Å². The summed E-state index contributed by atoms with van der Waals surface area (Å²) in [6.07, 6.45) is 0.877. The number of benzene rings is 1. The van der Waals surface area contributed by atoms with Gasteiger partial charge in [-0.15, -0.1) is 0 Å². The lowest BCUT2D eigenvalue weighted by molar-refractivity contribution is 0.0642. The van der Waals surface area contributed by atoms with E-state index in [1.165, 1.54) is 5.56 Å². The molecular formula is C15H21NO3. The molecule has 1 aliphatic rings. The summed E-state index contributed by atoms with van der Waals surface area (Å²) in [4.78, 5) is 11.7. The molecule has 0 bridgehead atoms. The van der Waals surface area contributed by atoms with Crippen LogP contribution in [-0.4, -0.2) is 37.4 Å². The van der Waals surface area contributed by atoms with Crippen LogP contribution in [0.2, 0.25) is 0 Å². The minimum absolute atomic E-state index is 0.0159. The lowest BCUT2D eigenvalue weighted by Gasteiger charge is -2.27. The molecule has 1 aromatic carbocycles. The van der Waals surface area contributed by atoms with Crippen LogP contribution in [0.4, 0.5) is 0 Å². The highest BCUT2D eigenvalue weighted by Gasteiger charge is 2.24. The number of amides is 1. The molecule has 0 spiro atoms. The normalized spacial score (nSPS) is 15.0. The van der Waals surface area contributed by atoms with Gasteiger partial charge in [0.25, 0.3) is 5.91 Å². The fraction of sp³-hybridized carbons (Fsp3) is 0.533. The number of nitrogens with one attached hydrogen (secondary N) is 1. The Morgan fingerprint density at radius 3 is 2.95 bits per heavy atom. The Kier molecular flexibility index (Phi) is 4.22. The maximum Gasteiger partial charge on any atom is 0.251 e. The molecule has 0 aromatic heterocycles. The maximum absolute atomic E-state index is 11.7. The van der Waals surface area contributed by atoms with Crippen molar-refractivity contribution in [2.45, 2.75) is 25.7 Å². The zero-order valence-corrected chi connectivity index (χ0v) is 11.5. The Labute approximate surface area is 113 Å². The van der Waals surface area contributed by atoms with Crippen LogP contribution in [0.3, 0.4) is 0 Å². The number of fused-ring (bicyclic) bond motifs is 1. The number of aliphatic hydroxyl groups is 1. The molecule has 104 valence electrons. The number of rotatable bonds is 5. The molecule has 4 nitrogen and oxygen atoms in total. The Morgan fingerprint density at radius 1 is 1.42 bits per heavy atom. The van der Waals surface area contributed by atoms with Crippen LogP contribution >= 0.6 is 0 Å². The SMILES string of the molecule is CC(C)(COCCO)c1ccc2c(c1)CCNC2=O. The summed E-state index contributed by atoms with van der Waals surface area (Å²) in [5, 5.41) is 11.6. The van der Waals surface area contributed by atoms with Crippen LogP contribution in [0.1, 0.15) is 35.3 Å². The summed E-state index contributed by atoms with van der Waals surface area (Å²) < 4.78 is 5.44. The highest BCUT2D eigenvalue weighted by atomic mass is 16.5. The lowest BCUT2D eigenvalue weighted by Crippen LogP contribution is -2.32. The van der Waals surface area contributed by atoms with E-state index in [1.54, 1.807) is 0 Å². The number of hydrogen-bond donors (Lipinski definition) is 2. The zero-order valence-electron chi connectivity index (χ0n) is 11.5. The summed E-state index contributed by atoms with van der Waals surface area (Å²) in [6, 6.07) is 6.00. The smallest absolute Gasteiger partial charge is 0.251 e. The van der Waals surface area contributed by atoms with Crippen molar-refractivity contribution >= 4 is 5.91 Å². The van der Waals surface area contributed by atoms with Gasteiger partial charge in [0.15, 0.2) is 0 Å². The molecule has 0 unspecified atom stereocenters. The second-order valence-corrected chi connectivity index (χ2v) is 5.54. The molecule has 0 fully saturated rings. The van der Waals surface area contributed by atoms with Crippen molar-refractivity contribution in [2.75, 3.05) is 26.4 Å². The van der Waals surface area contributed by atoms with Crippen molar-refractivity contribution < 1.29 is 14.6 Å². The summed E-state index contributed by atoms with van der Waals surface area (Å²) in [5.41, 5.74) is 2.93. The first-order chi connectivity index (χ1) is 9.04. The predicted molar refractivity (Wildman–Crippen MR) is 73.4 cm³/mol. The van der Waals surface area contributed by atoms with E-state index in [0.717, 1.165) is 17.5 Å². The van der Waals surface area contributed by atoms with Crippen molar-refractivity contribution in [1.29, 1.82) is 0 Å². The van der Waals surface area contributed by atoms with Gasteiger partial charge in [-0.2, -0.15) is 0 Å². The molecule has 0 atom stereocenters. The second-order valence-electron chi connectivity index (χ2n) is 5.54. The molecule has 0 aliphatic carbocycles. The van der Waals surface area contributed by atoms with E-state index in [4.69, 9.17) is 9.84 Å². The van der Waals surface area contributed by atoms with Crippen molar-refractivity contribution in [2.24, 2.45) is 0 Å². The third-order valence-corrected chi connectivity index (χ3v) is 3.51. The van der Waals surface area contributed by atoms with E-state index in [2.05, 4.69) is 25.2 Å². The topological polar surface area (TPSA) is 58.6 Å². The summed E-state index contributed by atoms with van der Waals surface area (Å²) in [6.45, 7) is 5.87. The second kappa shape index (κ2) is 5.72. The van der Waals surface area contributed by atoms with Crippen LogP contribution in [0.25, 0.3) is 0 Å². The van der Waals surface area contributed by atoms with Gasteiger partial charge in [0.1, 0.15) is 0 Å². The molecule has 1 aromatic rings. The number of carbonyl (C=O) groups is 1. The first-order valence-corrected chi connectivity index (χ1v) is 6.65. The van der Waals surface area contributed by atoms with Crippen LogP contribution in [0, 0.1) is 0 Å². The van der Waals surface area contributed by atoms with Crippen LogP contribution in [0.5, 0.6) is 0 Å². The Morgan fingerprint density at radius 2 is 2.21 bits per heavy atom.